The summed E-state index contributed by atoms with van der Waals surface area (Å²) < 4.78 is 4.10. The molecule has 0 radical (unpaired) electrons. The molecule has 5 heteroatoms. The summed E-state index contributed by atoms with van der Waals surface area (Å²) in [5.74, 6) is 0. The molecule has 0 unspecified atom stereocenters. The predicted molar refractivity (Wildman–Crippen MR) is 162 cm³/mol. The molecule has 180 valence electrons. The van der Waals surface area contributed by atoms with Crippen LogP contribution in [0.1, 0.15) is 19.9 Å². The molecule has 0 N–H and O–H groups in total. The Morgan fingerprint density at radius 2 is 1.05 bits per heavy atom. The van der Waals surface area contributed by atoms with E-state index in [9.17, 15) is 9.59 Å². The molecule has 3 aromatic heterocycles. The Morgan fingerprint density at radius 3 is 1.47 bits per heavy atom. The molecule has 0 spiro atoms. The fourth-order valence-corrected chi connectivity index (χ4v) is 10.1. The molecule has 0 saturated heterocycles. The first kappa shape index (κ1) is 21.5. The molecule has 6 aromatic carbocycles. The molecule has 9 aromatic rings. The van der Waals surface area contributed by atoms with Crippen molar-refractivity contribution in [3.8, 4) is 20.0 Å². The summed E-state index contributed by atoms with van der Waals surface area (Å²) in [6.07, 6.45) is 0. The zero-order valence-corrected chi connectivity index (χ0v) is 24.0. The third-order valence-electron chi connectivity index (χ3n) is 8.38. The van der Waals surface area contributed by atoms with Gasteiger partial charge in [0.2, 0.25) is 0 Å². The van der Waals surface area contributed by atoms with Gasteiger partial charge in [0.05, 0.1) is 0 Å². The molecule has 3 heterocycles. The molecule has 3 nitrogen and oxygen atoms in total. The summed E-state index contributed by atoms with van der Waals surface area (Å²) >= 11 is 0.494. The molecular weight excluding hydrogens is 600 g/mol. The van der Waals surface area contributed by atoms with Crippen LogP contribution in [0.15, 0.2) is 80.1 Å². The average Bonchev–Trinajstić information content (AvgIpc) is 3.71. The van der Waals surface area contributed by atoms with Gasteiger partial charge in [-0.05, 0) is 0 Å². The fraction of sp³-hybridized carbons (Fsp3) is 0.0909. The summed E-state index contributed by atoms with van der Waals surface area (Å²) in [6.45, 7) is 3.85. The van der Waals surface area contributed by atoms with Crippen molar-refractivity contribution < 1.29 is 0 Å². The zero-order chi connectivity index (χ0) is 25.4. The summed E-state index contributed by atoms with van der Waals surface area (Å²) in [4.78, 5) is 32.5. The predicted octanol–water partition coefficient (Wildman–Crippen LogP) is 6.91. The normalized spacial score (nSPS) is 12.9. The van der Waals surface area contributed by atoms with Crippen molar-refractivity contribution in [2.24, 2.45) is 0 Å². The third-order valence-corrected chi connectivity index (χ3v) is 12.2. The van der Waals surface area contributed by atoms with E-state index < -0.39 is 0 Å². The summed E-state index contributed by atoms with van der Waals surface area (Å²) in [5, 5.41) is 12.8. The topological polar surface area (TPSA) is 39.1 Å². The number of nitrogens with zero attached hydrogens (tertiary/aromatic N) is 1. The number of aromatic nitrogens is 1. The van der Waals surface area contributed by atoms with Crippen LogP contribution in [0, 0.1) is 0 Å². The van der Waals surface area contributed by atoms with Crippen molar-refractivity contribution in [1.29, 1.82) is 0 Å². The first-order chi connectivity index (χ1) is 18.5. The maximum absolute atomic E-state index is 14.0. The second-order valence-corrected chi connectivity index (χ2v) is 14.5. The molecule has 9 rings (SSSR count). The van der Waals surface area contributed by atoms with Gasteiger partial charge in [-0.3, -0.25) is 0 Å². The summed E-state index contributed by atoms with van der Waals surface area (Å²) in [7, 11) is 0. The second-order valence-electron chi connectivity index (χ2n) is 10.5. The van der Waals surface area contributed by atoms with Crippen molar-refractivity contribution >= 4 is 93.6 Å². The Balaban J connectivity index is 1.70. The molecule has 0 bridgehead atoms. The minimum atomic E-state index is -0.201. The standard InChI is InChI=1S/C33H19NO2Se2/c1-15(2)34-32(35)30-21-13-19(23-5-3-11-37-23)17-9-7-16-8-10-18-20(24-6-4-12-38-24)14-22(31(30)33(34)36)29-27(18)25(16)26(17)28(21)29/h3-15H,1-2H3. The second kappa shape index (κ2) is 7.14. The van der Waals surface area contributed by atoms with Gasteiger partial charge in [0.25, 0.3) is 0 Å². The van der Waals surface area contributed by atoms with Crippen molar-refractivity contribution in [1.82, 2.24) is 4.57 Å². The van der Waals surface area contributed by atoms with Crippen LogP contribution in [0.5, 0.6) is 0 Å². The van der Waals surface area contributed by atoms with E-state index in [1.807, 2.05) is 13.8 Å². The molecule has 0 aliphatic heterocycles. The Hall–Kier alpha value is -3.46. The number of hydrogen-bond donors (Lipinski definition) is 0. The van der Waals surface area contributed by atoms with Crippen LogP contribution in [0.25, 0.3) is 84.6 Å². The fourth-order valence-electron chi connectivity index (χ4n) is 6.94. The van der Waals surface area contributed by atoms with E-state index in [4.69, 9.17) is 0 Å². The van der Waals surface area contributed by atoms with Gasteiger partial charge in [0, 0.05) is 0 Å². The molecule has 0 saturated carbocycles. The van der Waals surface area contributed by atoms with Crippen molar-refractivity contribution in [2.75, 3.05) is 0 Å². The van der Waals surface area contributed by atoms with Crippen LogP contribution in [0.3, 0.4) is 0 Å². The van der Waals surface area contributed by atoms with Gasteiger partial charge in [0.15, 0.2) is 0 Å². The zero-order valence-electron chi connectivity index (χ0n) is 20.6. The van der Waals surface area contributed by atoms with Gasteiger partial charge >= 0.3 is 229 Å². The van der Waals surface area contributed by atoms with E-state index in [1.54, 1.807) is 0 Å². The number of rotatable bonds is 3. The van der Waals surface area contributed by atoms with Crippen molar-refractivity contribution in [3.05, 3.63) is 91.3 Å². The van der Waals surface area contributed by atoms with Crippen molar-refractivity contribution in [2.45, 2.75) is 19.9 Å². The first-order valence-corrected chi connectivity index (χ1v) is 16.5. The van der Waals surface area contributed by atoms with Crippen LogP contribution in [0.2, 0.25) is 0 Å². The summed E-state index contributed by atoms with van der Waals surface area (Å²) in [6, 6.07) is 22.0. The van der Waals surface area contributed by atoms with Crippen LogP contribution in [-0.2, 0) is 0 Å². The Bertz CT molecular complexity index is 2280. The summed E-state index contributed by atoms with van der Waals surface area (Å²) in [5.41, 5.74) is 2.07. The van der Waals surface area contributed by atoms with Gasteiger partial charge in [-0.15, -0.1) is 0 Å². The molecule has 0 aliphatic carbocycles. The van der Waals surface area contributed by atoms with E-state index >= 15 is 0 Å². The van der Waals surface area contributed by atoms with Gasteiger partial charge in [-0.1, -0.05) is 0 Å². The monoisotopic (exact) mass is 621 g/mol. The number of fused-ring (bicyclic) bond motifs is 3. The molecular formula is C33H19NO2Se2. The van der Waals surface area contributed by atoms with E-state index in [1.165, 1.54) is 56.9 Å². The number of hydrogen-bond acceptors (Lipinski definition) is 2. The van der Waals surface area contributed by atoms with Gasteiger partial charge in [0.1, 0.15) is 0 Å². The van der Waals surface area contributed by atoms with Crippen LogP contribution >= 0.6 is 0 Å². The SMILES string of the molecule is CC(C)n1c(=O)c2c3cc(-c4ccc[se]4)c4ccc5ccc6c(-c7ccc[se]7)cc(c2c1=O)c1c6c5c4c31. The first-order valence-electron chi connectivity index (χ1n) is 12.8. The molecule has 38 heavy (non-hydrogen) atoms. The molecule has 0 fully saturated rings. The van der Waals surface area contributed by atoms with E-state index in [-0.39, 0.29) is 46.2 Å². The molecule has 0 atom stereocenters. The van der Waals surface area contributed by atoms with E-state index in [0.717, 1.165) is 21.5 Å². The van der Waals surface area contributed by atoms with Crippen molar-refractivity contribution in [3.63, 3.8) is 0 Å². The van der Waals surface area contributed by atoms with Crippen LogP contribution in [-0.4, -0.2) is 33.6 Å². The average molecular weight is 619 g/mol. The van der Waals surface area contributed by atoms with Gasteiger partial charge in [-0.2, -0.15) is 0 Å². The third kappa shape index (κ3) is 2.38. The van der Waals surface area contributed by atoms with E-state index in [0.29, 0.717) is 10.8 Å². The van der Waals surface area contributed by atoms with Gasteiger partial charge in [-0.25, -0.2) is 0 Å². The maximum atomic E-state index is 14.0. The minimum absolute atomic E-state index is 0.160. The Morgan fingerprint density at radius 1 is 0.579 bits per heavy atom. The van der Waals surface area contributed by atoms with Crippen LogP contribution < -0.4 is 11.1 Å². The Kier molecular flexibility index (Phi) is 4.03. The molecule has 0 aliphatic rings. The van der Waals surface area contributed by atoms with Crippen LogP contribution in [0.4, 0.5) is 0 Å². The number of benzene rings is 5. The molecule has 0 amide bonds. The quantitative estimate of drug-likeness (QED) is 0.159. The van der Waals surface area contributed by atoms with E-state index in [2.05, 4.69) is 70.5 Å². The van der Waals surface area contributed by atoms with Gasteiger partial charge < -0.3 is 0 Å². The Labute approximate surface area is 228 Å².